The maximum Gasteiger partial charge on any atom is 0.317 e. The van der Waals surface area contributed by atoms with E-state index in [4.69, 9.17) is 10.2 Å². The zero-order chi connectivity index (χ0) is 14.3. The van der Waals surface area contributed by atoms with Crippen molar-refractivity contribution in [1.29, 1.82) is 0 Å². The number of rotatable bonds is 8. The van der Waals surface area contributed by atoms with E-state index in [1.54, 1.807) is 0 Å². The average Bonchev–Trinajstić information content (AvgIpc) is 2.14. The summed E-state index contributed by atoms with van der Waals surface area (Å²) < 4.78 is 0. The van der Waals surface area contributed by atoms with Crippen molar-refractivity contribution >= 4 is 17.8 Å². The van der Waals surface area contributed by atoms with Gasteiger partial charge in [-0.15, -0.1) is 0 Å². The van der Waals surface area contributed by atoms with Crippen LogP contribution in [0.1, 0.15) is 20.8 Å². The van der Waals surface area contributed by atoms with Gasteiger partial charge in [-0.25, -0.2) is 0 Å². The predicted molar refractivity (Wildman–Crippen MR) is 64.2 cm³/mol. The number of nitrogens with one attached hydrogen (secondary N) is 1. The van der Waals surface area contributed by atoms with E-state index in [9.17, 15) is 14.4 Å². The van der Waals surface area contributed by atoms with Gasteiger partial charge < -0.3 is 15.5 Å². The largest absolute Gasteiger partial charge is 0.480 e. The van der Waals surface area contributed by atoms with Crippen LogP contribution >= 0.6 is 0 Å². The van der Waals surface area contributed by atoms with Gasteiger partial charge in [-0.3, -0.25) is 19.3 Å². The van der Waals surface area contributed by atoms with Crippen LogP contribution in [0.3, 0.4) is 0 Å². The molecule has 0 spiro atoms. The van der Waals surface area contributed by atoms with Crippen LogP contribution in [-0.4, -0.2) is 58.6 Å². The zero-order valence-electron chi connectivity index (χ0n) is 10.8. The molecule has 3 N–H and O–H groups in total. The lowest BCUT2D eigenvalue weighted by Crippen LogP contribution is -2.45. The van der Waals surface area contributed by atoms with Gasteiger partial charge in [0, 0.05) is 6.04 Å². The molecule has 0 aromatic carbocycles. The molecule has 0 aliphatic carbocycles. The normalized spacial score (nSPS) is 12.5. The van der Waals surface area contributed by atoms with Crippen molar-refractivity contribution in [2.24, 2.45) is 5.92 Å². The maximum absolute atomic E-state index is 11.6. The Morgan fingerprint density at radius 2 is 1.44 bits per heavy atom. The number of amides is 1. The molecule has 7 heteroatoms. The van der Waals surface area contributed by atoms with E-state index in [1.165, 1.54) is 0 Å². The molecule has 0 aromatic rings. The summed E-state index contributed by atoms with van der Waals surface area (Å²) in [7, 11) is 0. The highest BCUT2D eigenvalue weighted by Crippen LogP contribution is 1.99. The first-order chi connectivity index (χ1) is 8.22. The van der Waals surface area contributed by atoms with Crippen molar-refractivity contribution in [2.75, 3.05) is 19.6 Å². The number of nitrogens with zero attached hydrogens (tertiary/aromatic N) is 1. The first kappa shape index (κ1) is 16.4. The molecule has 0 aliphatic heterocycles. The van der Waals surface area contributed by atoms with Gasteiger partial charge in [0.05, 0.1) is 19.6 Å². The number of hydrogen-bond donors (Lipinski definition) is 3. The number of carbonyl (C=O) groups is 3. The van der Waals surface area contributed by atoms with Crippen LogP contribution in [0.2, 0.25) is 0 Å². The summed E-state index contributed by atoms with van der Waals surface area (Å²) in [6.45, 7) is 4.52. The van der Waals surface area contributed by atoms with Crippen molar-refractivity contribution in [1.82, 2.24) is 10.2 Å². The van der Waals surface area contributed by atoms with Gasteiger partial charge in [0.15, 0.2) is 0 Å². The lowest BCUT2D eigenvalue weighted by molar-refractivity contribution is -0.142. The first-order valence-electron chi connectivity index (χ1n) is 5.67. The minimum absolute atomic E-state index is 0.0472. The molecule has 0 saturated heterocycles. The Bertz CT molecular complexity index is 301. The third-order valence-corrected chi connectivity index (χ3v) is 2.47. The van der Waals surface area contributed by atoms with Crippen molar-refractivity contribution in [3.63, 3.8) is 0 Å². The summed E-state index contributed by atoms with van der Waals surface area (Å²) in [5, 5.41) is 19.9. The number of hydrogen-bond acceptors (Lipinski definition) is 4. The van der Waals surface area contributed by atoms with Gasteiger partial charge in [0.25, 0.3) is 0 Å². The molecule has 0 fully saturated rings. The minimum atomic E-state index is -1.17. The van der Waals surface area contributed by atoms with Crippen LogP contribution in [0.25, 0.3) is 0 Å². The number of aliphatic carboxylic acids is 2. The van der Waals surface area contributed by atoms with E-state index in [0.29, 0.717) is 0 Å². The molecule has 0 bridgehead atoms. The quantitative estimate of drug-likeness (QED) is 0.549. The van der Waals surface area contributed by atoms with Crippen molar-refractivity contribution < 1.29 is 24.6 Å². The summed E-state index contributed by atoms with van der Waals surface area (Å²) in [5.41, 5.74) is 0. The van der Waals surface area contributed by atoms with E-state index >= 15 is 0 Å². The van der Waals surface area contributed by atoms with Crippen LogP contribution < -0.4 is 5.32 Å². The van der Waals surface area contributed by atoms with Crippen molar-refractivity contribution in [2.45, 2.75) is 26.8 Å². The molecule has 7 nitrogen and oxygen atoms in total. The second-order valence-corrected chi connectivity index (χ2v) is 4.53. The molecular weight excluding hydrogens is 240 g/mol. The zero-order valence-corrected chi connectivity index (χ0v) is 10.8. The van der Waals surface area contributed by atoms with Crippen molar-refractivity contribution in [3.8, 4) is 0 Å². The summed E-state index contributed by atoms with van der Waals surface area (Å²) in [5.74, 6) is -2.46. The Balaban J connectivity index is 4.34. The van der Waals surface area contributed by atoms with Gasteiger partial charge in [-0.05, 0) is 12.8 Å². The lowest BCUT2D eigenvalue weighted by Gasteiger charge is -2.21. The third kappa shape index (κ3) is 7.61. The van der Waals surface area contributed by atoms with Crippen LogP contribution in [0.5, 0.6) is 0 Å². The fraction of sp³-hybridized carbons (Fsp3) is 0.727. The molecule has 1 atom stereocenters. The molecule has 0 saturated carbocycles. The SMILES string of the molecule is CC(C)C(C)NC(=O)CN(CC(=O)O)CC(=O)O. The Labute approximate surface area is 106 Å². The van der Waals surface area contributed by atoms with Crippen LogP contribution in [-0.2, 0) is 14.4 Å². The Hall–Kier alpha value is -1.63. The Morgan fingerprint density at radius 1 is 1.00 bits per heavy atom. The highest BCUT2D eigenvalue weighted by molar-refractivity contribution is 5.80. The lowest BCUT2D eigenvalue weighted by atomic mass is 10.1. The predicted octanol–water partition coefficient (Wildman–Crippen LogP) is -0.382. The summed E-state index contributed by atoms with van der Waals surface area (Å²) in [6, 6.07) is -0.0472. The van der Waals surface area contributed by atoms with Crippen LogP contribution in [0.15, 0.2) is 0 Å². The maximum atomic E-state index is 11.6. The first-order valence-corrected chi connectivity index (χ1v) is 5.67. The molecule has 0 aliphatic rings. The monoisotopic (exact) mass is 260 g/mol. The molecule has 0 heterocycles. The van der Waals surface area contributed by atoms with Gasteiger partial charge >= 0.3 is 11.9 Å². The van der Waals surface area contributed by atoms with Crippen molar-refractivity contribution in [3.05, 3.63) is 0 Å². The molecule has 104 valence electrons. The molecule has 1 amide bonds. The van der Waals surface area contributed by atoms with E-state index in [-0.39, 0.29) is 24.4 Å². The molecular formula is C11H20N2O5. The van der Waals surface area contributed by atoms with E-state index < -0.39 is 25.0 Å². The van der Waals surface area contributed by atoms with E-state index in [2.05, 4.69) is 5.32 Å². The molecule has 18 heavy (non-hydrogen) atoms. The highest BCUT2D eigenvalue weighted by atomic mass is 16.4. The second-order valence-electron chi connectivity index (χ2n) is 4.53. The Morgan fingerprint density at radius 3 is 1.78 bits per heavy atom. The number of carbonyl (C=O) groups excluding carboxylic acids is 1. The number of carboxylic acid groups (broad SMARTS) is 2. The number of carboxylic acids is 2. The summed E-state index contributed by atoms with van der Waals surface area (Å²) >= 11 is 0. The molecule has 0 aromatic heterocycles. The van der Waals surface area contributed by atoms with Crippen LogP contribution in [0, 0.1) is 5.92 Å². The fourth-order valence-corrected chi connectivity index (χ4v) is 1.22. The fourth-order valence-electron chi connectivity index (χ4n) is 1.22. The minimum Gasteiger partial charge on any atom is -0.480 e. The standard InChI is InChI=1S/C11H20N2O5/c1-7(2)8(3)12-9(14)4-13(5-10(15)16)6-11(17)18/h7-8H,4-6H2,1-3H3,(H,12,14)(H,15,16)(H,17,18). The van der Waals surface area contributed by atoms with Gasteiger partial charge in [0.1, 0.15) is 0 Å². The highest BCUT2D eigenvalue weighted by Gasteiger charge is 2.18. The third-order valence-electron chi connectivity index (χ3n) is 2.47. The topological polar surface area (TPSA) is 107 Å². The van der Waals surface area contributed by atoms with Gasteiger partial charge in [-0.2, -0.15) is 0 Å². The van der Waals surface area contributed by atoms with Gasteiger partial charge in [0.2, 0.25) is 5.91 Å². The van der Waals surface area contributed by atoms with E-state index in [1.807, 2.05) is 20.8 Å². The Kier molecular flexibility index (Phi) is 6.96. The van der Waals surface area contributed by atoms with Crippen LogP contribution in [0.4, 0.5) is 0 Å². The molecule has 0 radical (unpaired) electrons. The van der Waals surface area contributed by atoms with E-state index in [0.717, 1.165) is 4.90 Å². The summed E-state index contributed by atoms with van der Waals surface area (Å²) in [4.78, 5) is 33.7. The molecule has 0 rings (SSSR count). The summed E-state index contributed by atoms with van der Waals surface area (Å²) in [6.07, 6.45) is 0. The van der Waals surface area contributed by atoms with Gasteiger partial charge in [-0.1, -0.05) is 13.8 Å². The average molecular weight is 260 g/mol. The second kappa shape index (κ2) is 7.65. The molecule has 1 unspecified atom stereocenters. The smallest absolute Gasteiger partial charge is 0.317 e.